The number of hydrogen-bond donors (Lipinski definition) is 3. The molecular weight excluding hydrogens is 486 g/mol. The zero-order valence-electron chi connectivity index (χ0n) is 20.5. The average Bonchev–Trinajstić information content (AvgIpc) is 3.18. The van der Waals surface area contributed by atoms with E-state index >= 15 is 0 Å². The molecule has 0 radical (unpaired) electrons. The van der Waals surface area contributed by atoms with Gasteiger partial charge in [-0.3, -0.25) is 0 Å². The summed E-state index contributed by atoms with van der Waals surface area (Å²) < 4.78 is 15.9. The number of halogens is 1. The van der Waals surface area contributed by atoms with Crippen molar-refractivity contribution in [1.29, 1.82) is 0 Å². The summed E-state index contributed by atoms with van der Waals surface area (Å²) in [5, 5.41) is 17.1. The number of anilines is 1. The smallest absolute Gasteiger partial charge is 0.163 e. The molecule has 3 N–H and O–H groups in total. The molecule has 10 heteroatoms. The molecule has 1 fully saturated rings. The Kier molecular flexibility index (Phi) is 8.56. The molecule has 1 saturated heterocycles. The molecule has 0 aliphatic carbocycles. The summed E-state index contributed by atoms with van der Waals surface area (Å²) in [5.41, 5.74) is 4.47. The first-order valence-electron chi connectivity index (χ1n) is 11.8. The largest absolute Gasteiger partial charge is 0.491 e. The van der Waals surface area contributed by atoms with Gasteiger partial charge in [0.15, 0.2) is 5.82 Å². The van der Waals surface area contributed by atoms with Crippen molar-refractivity contribution in [2.75, 3.05) is 38.7 Å². The number of aliphatic hydroxyl groups excluding tert-OH is 1. The van der Waals surface area contributed by atoms with Crippen molar-refractivity contribution in [2.45, 2.75) is 45.8 Å². The van der Waals surface area contributed by atoms with Gasteiger partial charge >= 0.3 is 0 Å². The van der Waals surface area contributed by atoms with Crippen LogP contribution in [0.5, 0.6) is 5.75 Å². The molecule has 1 atom stereocenters. The van der Waals surface area contributed by atoms with Gasteiger partial charge in [0.2, 0.25) is 0 Å². The lowest BCUT2D eigenvalue weighted by molar-refractivity contribution is 0.0904. The molecule has 8 nitrogen and oxygen atoms in total. The van der Waals surface area contributed by atoms with Gasteiger partial charge in [0, 0.05) is 47.4 Å². The fourth-order valence-electron chi connectivity index (χ4n) is 4.13. The lowest BCUT2D eigenvalue weighted by atomic mass is 10.0. The van der Waals surface area contributed by atoms with Crippen molar-refractivity contribution in [3.8, 4) is 28.4 Å². The third kappa shape index (κ3) is 6.10. The monoisotopic (exact) mass is 517 g/mol. The molecule has 188 valence electrons. The highest BCUT2D eigenvalue weighted by Gasteiger charge is 2.22. The van der Waals surface area contributed by atoms with Gasteiger partial charge in [0.05, 0.1) is 16.4 Å². The highest BCUT2D eigenvalue weighted by atomic mass is 35.5. The molecule has 1 aromatic carbocycles. The van der Waals surface area contributed by atoms with Crippen LogP contribution >= 0.6 is 23.1 Å². The third-order valence-corrected chi connectivity index (χ3v) is 7.21. The Balaban J connectivity index is 1.76. The maximum atomic E-state index is 10.0. The maximum absolute atomic E-state index is 10.0. The molecule has 3 aromatic rings. The number of aryl methyl sites for hydroxylation is 2. The predicted octanol–water partition coefficient (Wildman–Crippen LogP) is 4.40. The summed E-state index contributed by atoms with van der Waals surface area (Å²) in [5.74, 6) is 1.89. The Labute approximate surface area is 215 Å². The van der Waals surface area contributed by atoms with E-state index in [-0.39, 0.29) is 12.6 Å². The lowest BCUT2D eigenvalue weighted by Gasteiger charge is -2.25. The van der Waals surface area contributed by atoms with Gasteiger partial charge in [0.1, 0.15) is 24.3 Å². The van der Waals surface area contributed by atoms with Crippen molar-refractivity contribution in [3.63, 3.8) is 0 Å². The molecule has 3 heterocycles. The average molecular weight is 518 g/mol. The predicted molar refractivity (Wildman–Crippen MR) is 141 cm³/mol. The van der Waals surface area contributed by atoms with Gasteiger partial charge in [-0.25, -0.2) is 9.97 Å². The van der Waals surface area contributed by atoms with Crippen LogP contribution in [0.2, 0.25) is 5.02 Å². The van der Waals surface area contributed by atoms with E-state index in [4.69, 9.17) is 31.0 Å². The number of likely N-dealkylation sites (N-methyl/N-ethyl adjacent to an activating group) is 1. The minimum atomic E-state index is -0.617. The van der Waals surface area contributed by atoms with Crippen LogP contribution in [0.15, 0.2) is 18.2 Å². The Hall–Kier alpha value is -2.30. The molecule has 0 spiro atoms. The van der Waals surface area contributed by atoms with Crippen LogP contribution in [-0.4, -0.2) is 65.0 Å². The summed E-state index contributed by atoms with van der Waals surface area (Å²) >= 11 is 8.10. The molecule has 2 aromatic heterocycles. The Bertz CT molecular complexity index is 1150. The number of benzene rings is 1. The van der Waals surface area contributed by atoms with Crippen LogP contribution in [-0.2, 0) is 4.74 Å². The zero-order valence-corrected chi connectivity index (χ0v) is 22.1. The fourth-order valence-corrected chi connectivity index (χ4v) is 5.03. The second-order valence-electron chi connectivity index (χ2n) is 8.76. The van der Waals surface area contributed by atoms with Crippen LogP contribution < -0.4 is 15.4 Å². The van der Waals surface area contributed by atoms with Gasteiger partial charge in [-0.05, 0) is 70.4 Å². The Morgan fingerprint density at radius 1 is 1.23 bits per heavy atom. The number of nitrogens with one attached hydrogen (secondary N) is 2. The number of hydrogen-bond acceptors (Lipinski definition) is 9. The summed E-state index contributed by atoms with van der Waals surface area (Å²) in [6.45, 7) is 8.18. The van der Waals surface area contributed by atoms with E-state index in [1.165, 1.54) is 11.5 Å². The van der Waals surface area contributed by atoms with E-state index < -0.39 is 6.10 Å². The number of nitrogens with zero attached hydrogens (tertiary/aromatic N) is 3. The Morgan fingerprint density at radius 3 is 2.69 bits per heavy atom. The molecule has 0 saturated carbocycles. The van der Waals surface area contributed by atoms with E-state index in [9.17, 15) is 5.11 Å². The summed E-state index contributed by atoms with van der Waals surface area (Å²) in [6.07, 6.45) is 1.23. The van der Waals surface area contributed by atoms with Crippen molar-refractivity contribution in [1.82, 2.24) is 19.7 Å². The van der Waals surface area contributed by atoms with Crippen molar-refractivity contribution >= 4 is 29.0 Å². The van der Waals surface area contributed by atoms with Crippen molar-refractivity contribution in [2.24, 2.45) is 0 Å². The molecule has 0 amide bonds. The Morgan fingerprint density at radius 2 is 2.00 bits per heavy atom. The van der Waals surface area contributed by atoms with Gasteiger partial charge in [-0.1, -0.05) is 11.6 Å². The molecule has 1 aliphatic rings. The highest BCUT2D eigenvalue weighted by Crippen LogP contribution is 2.37. The minimum Gasteiger partial charge on any atom is -0.491 e. The van der Waals surface area contributed by atoms with Gasteiger partial charge in [0.25, 0.3) is 0 Å². The van der Waals surface area contributed by atoms with E-state index in [0.717, 1.165) is 59.3 Å². The van der Waals surface area contributed by atoms with Crippen LogP contribution in [0.4, 0.5) is 5.82 Å². The zero-order chi connectivity index (χ0) is 24.9. The van der Waals surface area contributed by atoms with Gasteiger partial charge < -0.3 is 25.2 Å². The van der Waals surface area contributed by atoms with E-state index in [1.54, 1.807) is 19.2 Å². The molecule has 0 bridgehead atoms. The van der Waals surface area contributed by atoms with Crippen LogP contribution in [0, 0.1) is 20.8 Å². The second kappa shape index (κ2) is 11.6. The minimum absolute atomic E-state index is 0.164. The molecular formula is C25H32ClN5O3S. The quantitative estimate of drug-likeness (QED) is 0.384. The van der Waals surface area contributed by atoms with Gasteiger partial charge in [-0.15, -0.1) is 0 Å². The standard InChI is InChI=1S/C25H32ClN5O3S/c1-14-23(22-15(2)31-35-16(22)3)29-25(30-24(14)28-17-7-9-33-10-8-17)20-11-19(5-6-21(20)26)34-13-18(32)12-27-4/h5-6,11,17-18,27,32H,7-10,12-13H2,1-4H3,(H,28,29,30). The first-order valence-corrected chi connectivity index (χ1v) is 12.9. The van der Waals surface area contributed by atoms with Crippen molar-refractivity contribution < 1.29 is 14.6 Å². The summed E-state index contributed by atoms with van der Waals surface area (Å²) in [7, 11) is 1.79. The summed E-state index contributed by atoms with van der Waals surface area (Å²) in [4.78, 5) is 11.0. The van der Waals surface area contributed by atoms with Gasteiger partial charge in [-0.2, -0.15) is 4.37 Å². The van der Waals surface area contributed by atoms with E-state index in [1.807, 2.05) is 19.9 Å². The fraction of sp³-hybridized carbons (Fsp3) is 0.480. The number of aliphatic hydroxyl groups is 1. The first-order chi connectivity index (χ1) is 16.9. The number of ether oxygens (including phenoxy) is 2. The van der Waals surface area contributed by atoms with E-state index in [2.05, 4.69) is 21.9 Å². The first kappa shape index (κ1) is 25.8. The summed E-state index contributed by atoms with van der Waals surface area (Å²) in [6, 6.07) is 5.66. The van der Waals surface area contributed by atoms with Crippen LogP contribution in [0.25, 0.3) is 22.6 Å². The number of rotatable bonds is 9. The lowest BCUT2D eigenvalue weighted by Crippen LogP contribution is -2.29. The molecule has 4 rings (SSSR count). The van der Waals surface area contributed by atoms with Crippen LogP contribution in [0.1, 0.15) is 29.0 Å². The maximum Gasteiger partial charge on any atom is 0.163 e. The third-order valence-electron chi connectivity index (χ3n) is 6.04. The van der Waals surface area contributed by atoms with E-state index in [0.29, 0.717) is 28.7 Å². The molecule has 35 heavy (non-hydrogen) atoms. The normalized spacial score (nSPS) is 15.3. The topological polar surface area (TPSA) is 101 Å². The molecule has 1 aliphatic heterocycles. The molecule has 1 unspecified atom stereocenters. The second-order valence-corrected chi connectivity index (χ2v) is 10.1. The van der Waals surface area contributed by atoms with Crippen LogP contribution in [0.3, 0.4) is 0 Å². The highest BCUT2D eigenvalue weighted by molar-refractivity contribution is 7.06. The SMILES string of the molecule is CNCC(O)COc1ccc(Cl)c(-c2nc(NC3CCOCC3)c(C)c(-c3c(C)nsc3C)n2)c1. The number of aromatic nitrogens is 3. The van der Waals surface area contributed by atoms with Crippen molar-refractivity contribution in [3.05, 3.63) is 39.4 Å².